The lowest BCUT2D eigenvalue weighted by atomic mass is 10.2. The monoisotopic (exact) mass is 527 g/mol. The minimum atomic E-state index is -0.933. The van der Waals surface area contributed by atoms with Crippen LogP contribution in [0.4, 0.5) is 23.2 Å². The fourth-order valence-corrected chi connectivity index (χ4v) is 3.88. The van der Waals surface area contributed by atoms with E-state index in [1.165, 1.54) is 13.0 Å². The average molecular weight is 528 g/mol. The molecule has 3 aromatic rings. The number of ether oxygens (including phenoxy) is 2. The van der Waals surface area contributed by atoms with Crippen LogP contribution in [-0.2, 0) is 11.3 Å². The van der Waals surface area contributed by atoms with E-state index in [1.807, 2.05) is 0 Å². The first-order chi connectivity index (χ1) is 15.8. The Hall–Kier alpha value is -2.92. The Labute approximate surface area is 194 Å². The van der Waals surface area contributed by atoms with E-state index in [4.69, 9.17) is 9.47 Å². The number of aryl methyl sites for hydroxylation is 1. The molecule has 0 N–H and O–H groups in total. The van der Waals surface area contributed by atoms with Gasteiger partial charge in [-0.3, -0.25) is 9.36 Å². The summed E-state index contributed by atoms with van der Waals surface area (Å²) in [4.78, 5) is 18.8. The second kappa shape index (κ2) is 9.52. The van der Waals surface area contributed by atoms with E-state index < -0.39 is 34.5 Å². The van der Waals surface area contributed by atoms with Crippen LogP contribution in [0.1, 0.15) is 11.4 Å². The molecule has 2 aromatic carbocycles. The van der Waals surface area contributed by atoms with E-state index in [1.54, 1.807) is 4.90 Å². The van der Waals surface area contributed by atoms with Crippen molar-refractivity contribution in [2.24, 2.45) is 0 Å². The molecule has 2 heterocycles. The Kier molecular flexibility index (Phi) is 6.71. The van der Waals surface area contributed by atoms with Crippen molar-refractivity contribution < 1.29 is 27.0 Å². The zero-order valence-corrected chi connectivity index (χ0v) is 19.0. The highest BCUT2D eigenvalue weighted by Crippen LogP contribution is 2.28. The van der Waals surface area contributed by atoms with Gasteiger partial charge in [-0.15, -0.1) is 0 Å². The molecule has 33 heavy (non-hydrogen) atoms. The summed E-state index contributed by atoms with van der Waals surface area (Å²) in [5.74, 6) is -3.66. The van der Waals surface area contributed by atoms with E-state index in [9.17, 15) is 22.4 Å². The lowest BCUT2D eigenvalue weighted by molar-refractivity contribution is 0.122. The van der Waals surface area contributed by atoms with Crippen LogP contribution >= 0.6 is 15.9 Å². The molecule has 0 spiro atoms. The summed E-state index contributed by atoms with van der Waals surface area (Å²) >= 11 is 3.05. The highest BCUT2D eigenvalue weighted by Gasteiger charge is 2.23. The number of halogens is 5. The lowest BCUT2D eigenvalue weighted by Crippen LogP contribution is -2.36. The minimum Gasteiger partial charge on any atom is -0.472 e. The maximum absolute atomic E-state index is 15.0. The summed E-state index contributed by atoms with van der Waals surface area (Å²) in [6, 6.07) is 5.29. The van der Waals surface area contributed by atoms with Gasteiger partial charge >= 0.3 is 0 Å². The summed E-state index contributed by atoms with van der Waals surface area (Å²) in [6.07, 6.45) is 0. The summed E-state index contributed by atoms with van der Waals surface area (Å²) < 4.78 is 68.1. The molecular formula is C22H18BrF4N3O3. The predicted octanol–water partition coefficient (Wildman–Crippen LogP) is 4.28. The molecule has 1 aliphatic rings. The number of hydrogen-bond acceptors (Lipinski definition) is 5. The van der Waals surface area contributed by atoms with Crippen LogP contribution in [0.25, 0.3) is 5.69 Å². The second-order valence-electron chi connectivity index (χ2n) is 7.30. The normalized spacial score (nSPS) is 13.9. The van der Waals surface area contributed by atoms with Crippen LogP contribution in [0, 0.1) is 30.2 Å². The number of aromatic nitrogens is 2. The van der Waals surface area contributed by atoms with E-state index in [2.05, 4.69) is 20.9 Å². The van der Waals surface area contributed by atoms with Crippen LogP contribution in [0.3, 0.4) is 0 Å². The van der Waals surface area contributed by atoms with Crippen LogP contribution in [0.5, 0.6) is 5.88 Å². The van der Waals surface area contributed by atoms with Crippen molar-refractivity contribution in [1.29, 1.82) is 0 Å². The quantitative estimate of drug-likeness (QED) is 0.463. The van der Waals surface area contributed by atoms with E-state index in [-0.39, 0.29) is 28.3 Å². The SMILES string of the molecule is Cc1nc(OCc2ccc(F)cc2F)c(Br)c(=O)n1-c1c(F)cc(N2CCOCC2)cc1F. The fraction of sp³-hybridized carbons (Fsp3) is 0.273. The van der Waals surface area contributed by atoms with Crippen molar-refractivity contribution in [2.45, 2.75) is 13.5 Å². The molecule has 174 valence electrons. The zero-order valence-electron chi connectivity index (χ0n) is 17.4. The third kappa shape index (κ3) is 4.74. The fourth-order valence-electron chi connectivity index (χ4n) is 3.50. The van der Waals surface area contributed by atoms with Gasteiger partial charge in [-0.05, 0) is 47.1 Å². The van der Waals surface area contributed by atoms with Gasteiger partial charge in [0.2, 0.25) is 5.88 Å². The van der Waals surface area contributed by atoms with Gasteiger partial charge in [0.05, 0.1) is 13.2 Å². The summed E-state index contributed by atoms with van der Waals surface area (Å²) in [6.45, 7) is 2.93. The third-order valence-electron chi connectivity index (χ3n) is 5.15. The molecule has 11 heteroatoms. The predicted molar refractivity (Wildman–Crippen MR) is 116 cm³/mol. The number of hydrogen-bond donors (Lipinski definition) is 0. The Morgan fingerprint density at radius 2 is 1.73 bits per heavy atom. The van der Waals surface area contributed by atoms with Crippen LogP contribution in [0.15, 0.2) is 39.6 Å². The standard InChI is InChI=1S/C22H18BrF4N3O3/c1-12-28-21(33-11-13-2-3-14(24)8-16(13)25)19(23)22(31)30(12)20-17(26)9-15(10-18(20)27)29-4-6-32-7-5-29/h2-3,8-10H,4-7,11H2,1H3. The first-order valence-electron chi connectivity index (χ1n) is 9.94. The Bertz CT molecular complexity index is 1240. The van der Waals surface area contributed by atoms with E-state index in [0.717, 1.165) is 22.8 Å². The van der Waals surface area contributed by atoms with Gasteiger partial charge in [-0.1, -0.05) is 0 Å². The number of morpholine rings is 1. The highest BCUT2D eigenvalue weighted by molar-refractivity contribution is 9.10. The molecule has 6 nitrogen and oxygen atoms in total. The molecule has 0 amide bonds. The van der Waals surface area contributed by atoms with Gasteiger partial charge < -0.3 is 14.4 Å². The summed E-state index contributed by atoms with van der Waals surface area (Å²) in [5, 5.41) is 0. The highest BCUT2D eigenvalue weighted by atomic mass is 79.9. The third-order valence-corrected chi connectivity index (χ3v) is 5.82. The lowest BCUT2D eigenvalue weighted by Gasteiger charge is -2.29. The largest absolute Gasteiger partial charge is 0.472 e. The molecule has 1 aromatic heterocycles. The van der Waals surface area contributed by atoms with E-state index >= 15 is 0 Å². The number of anilines is 1. The molecule has 0 atom stereocenters. The second-order valence-corrected chi connectivity index (χ2v) is 8.09. The molecule has 1 fully saturated rings. The van der Waals surface area contributed by atoms with Gasteiger partial charge in [0.25, 0.3) is 5.56 Å². The molecule has 0 saturated carbocycles. The van der Waals surface area contributed by atoms with Crippen molar-refractivity contribution in [3.8, 4) is 11.6 Å². The van der Waals surface area contributed by atoms with Crippen LogP contribution in [-0.4, -0.2) is 35.9 Å². The maximum atomic E-state index is 15.0. The molecule has 0 radical (unpaired) electrons. The topological polar surface area (TPSA) is 56.6 Å². The van der Waals surface area contributed by atoms with Crippen LogP contribution < -0.4 is 15.2 Å². The van der Waals surface area contributed by atoms with Crippen molar-refractivity contribution in [3.63, 3.8) is 0 Å². The van der Waals surface area contributed by atoms with Crippen molar-refractivity contribution in [3.05, 3.63) is 79.8 Å². The zero-order chi connectivity index (χ0) is 23.7. The van der Waals surface area contributed by atoms with Gasteiger partial charge in [0, 0.05) is 30.4 Å². The Balaban J connectivity index is 1.66. The van der Waals surface area contributed by atoms with Gasteiger partial charge in [-0.25, -0.2) is 17.6 Å². The Morgan fingerprint density at radius 3 is 2.36 bits per heavy atom. The van der Waals surface area contributed by atoms with Crippen molar-refractivity contribution in [1.82, 2.24) is 9.55 Å². The van der Waals surface area contributed by atoms with Crippen molar-refractivity contribution in [2.75, 3.05) is 31.2 Å². The molecule has 0 unspecified atom stereocenters. The molecule has 1 saturated heterocycles. The first kappa shape index (κ1) is 23.2. The van der Waals surface area contributed by atoms with E-state index in [0.29, 0.717) is 38.1 Å². The average Bonchev–Trinajstić information content (AvgIpc) is 2.78. The Morgan fingerprint density at radius 1 is 1.06 bits per heavy atom. The van der Waals surface area contributed by atoms with Gasteiger partial charge in [-0.2, -0.15) is 4.98 Å². The van der Waals surface area contributed by atoms with Crippen LogP contribution in [0.2, 0.25) is 0 Å². The van der Waals surface area contributed by atoms with Gasteiger partial charge in [0.15, 0.2) is 11.6 Å². The molecule has 0 bridgehead atoms. The first-order valence-corrected chi connectivity index (χ1v) is 10.7. The van der Waals surface area contributed by atoms with Gasteiger partial charge in [0.1, 0.15) is 34.2 Å². The summed E-state index contributed by atoms with van der Waals surface area (Å²) in [7, 11) is 0. The number of nitrogens with zero attached hydrogens (tertiary/aromatic N) is 3. The summed E-state index contributed by atoms with van der Waals surface area (Å²) in [5.41, 5.74) is -0.994. The smallest absolute Gasteiger partial charge is 0.276 e. The maximum Gasteiger partial charge on any atom is 0.276 e. The molecule has 0 aliphatic carbocycles. The van der Waals surface area contributed by atoms with Crippen molar-refractivity contribution >= 4 is 21.6 Å². The molecular weight excluding hydrogens is 510 g/mol. The molecule has 4 rings (SSSR count). The number of benzene rings is 2. The molecule has 1 aliphatic heterocycles. The number of rotatable bonds is 5. The minimum absolute atomic E-state index is 0.0442.